The molecule has 0 aromatic carbocycles. The molecule has 1 unspecified atom stereocenters. The first-order valence-electron chi connectivity index (χ1n) is 8.17. The van der Waals surface area contributed by atoms with Gasteiger partial charge in [-0.05, 0) is 55.1 Å². The van der Waals surface area contributed by atoms with Crippen LogP contribution < -0.4 is 4.90 Å². The molecule has 1 aromatic heterocycles. The van der Waals surface area contributed by atoms with Gasteiger partial charge in [-0.2, -0.15) is 5.26 Å². The van der Waals surface area contributed by atoms with Crippen LogP contribution in [-0.4, -0.2) is 18.1 Å². The van der Waals surface area contributed by atoms with Crippen LogP contribution in [0.25, 0.3) is 0 Å². The summed E-state index contributed by atoms with van der Waals surface area (Å²) < 4.78 is 0. The van der Waals surface area contributed by atoms with Gasteiger partial charge in [-0.3, -0.25) is 0 Å². The van der Waals surface area contributed by atoms with Crippen molar-refractivity contribution in [1.29, 1.82) is 5.26 Å². The molecular weight excluding hydrogens is 258 g/mol. The van der Waals surface area contributed by atoms with Crippen LogP contribution in [0.2, 0.25) is 0 Å². The van der Waals surface area contributed by atoms with Crippen molar-refractivity contribution in [2.24, 2.45) is 11.3 Å². The van der Waals surface area contributed by atoms with Crippen molar-refractivity contribution >= 4 is 5.82 Å². The minimum absolute atomic E-state index is 0.329. The Kier molecular flexibility index (Phi) is 3.65. The molecule has 2 aliphatic rings. The topological polar surface area (TPSA) is 39.9 Å². The van der Waals surface area contributed by atoms with E-state index in [1.807, 2.05) is 0 Å². The monoisotopic (exact) mass is 283 g/mol. The van der Waals surface area contributed by atoms with Gasteiger partial charge in [0.2, 0.25) is 0 Å². The summed E-state index contributed by atoms with van der Waals surface area (Å²) >= 11 is 0. The highest BCUT2D eigenvalue weighted by atomic mass is 15.2. The molecule has 1 aliphatic heterocycles. The second-order valence-electron chi connectivity index (χ2n) is 7.58. The number of hydrogen-bond donors (Lipinski definition) is 0. The van der Waals surface area contributed by atoms with Gasteiger partial charge >= 0.3 is 0 Å². The van der Waals surface area contributed by atoms with E-state index in [9.17, 15) is 5.26 Å². The zero-order chi connectivity index (χ0) is 15.0. The molecule has 21 heavy (non-hydrogen) atoms. The lowest BCUT2D eigenvalue weighted by molar-refractivity contribution is 0.263. The Balaban J connectivity index is 1.90. The third kappa shape index (κ3) is 2.77. The van der Waals surface area contributed by atoms with Crippen molar-refractivity contribution in [3.63, 3.8) is 0 Å². The zero-order valence-corrected chi connectivity index (χ0v) is 13.4. The Morgan fingerprint density at radius 2 is 2.05 bits per heavy atom. The second kappa shape index (κ2) is 5.33. The van der Waals surface area contributed by atoms with Gasteiger partial charge in [-0.1, -0.05) is 20.8 Å². The van der Waals surface area contributed by atoms with Crippen molar-refractivity contribution in [2.45, 2.75) is 52.9 Å². The van der Waals surface area contributed by atoms with Gasteiger partial charge in [0, 0.05) is 18.8 Å². The molecule has 1 aliphatic carbocycles. The van der Waals surface area contributed by atoms with Crippen molar-refractivity contribution < 1.29 is 0 Å². The number of pyridine rings is 1. The quantitative estimate of drug-likeness (QED) is 0.789. The predicted octanol–water partition coefficient (Wildman–Crippen LogP) is 3.70. The molecule has 0 spiro atoms. The third-order valence-electron chi connectivity index (χ3n) is 5.11. The van der Waals surface area contributed by atoms with E-state index in [1.165, 1.54) is 30.5 Å². The van der Waals surface area contributed by atoms with Gasteiger partial charge < -0.3 is 4.90 Å². The average Bonchev–Trinajstić information content (AvgIpc) is 2.95. The fraction of sp³-hybridized carbons (Fsp3) is 0.667. The van der Waals surface area contributed by atoms with Gasteiger partial charge in [0.1, 0.15) is 11.9 Å². The smallest absolute Gasteiger partial charge is 0.146 e. The van der Waals surface area contributed by atoms with Gasteiger partial charge in [0.25, 0.3) is 0 Å². The van der Waals surface area contributed by atoms with Crippen LogP contribution in [0.1, 0.15) is 56.9 Å². The summed E-state index contributed by atoms with van der Waals surface area (Å²) in [6, 6.07) is 4.47. The standard InChI is InChI=1S/C18H25N3/c1-18(2,3)15-8-9-21(12-15)17-14(11-19)10-13-6-4-5-7-16(13)20-17/h10,15H,4-9,12H2,1-3H3. The van der Waals surface area contributed by atoms with Crippen LogP contribution in [0.5, 0.6) is 0 Å². The Bertz CT molecular complexity index is 577. The number of anilines is 1. The predicted molar refractivity (Wildman–Crippen MR) is 85.4 cm³/mol. The normalized spacial score (nSPS) is 22.0. The van der Waals surface area contributed by atoms with Crippen molar-refractivity contribution in [3.05, 3.63) is 22.9 Å². The largest absolute Gasteiger partial charge is 0.355 e. The molecule has 0 amide bonds. The molecule has 1 fully saturated rings. The second-order valence-corrected chi connectivity index (χ2v) is 7.58. The van der Waals surface area contributed by atoms with E-state index < -0.39 is 0 Å². The lowest BCUT2D eigenvalue weighted by Gasteiger charge is -2.28. The average molecular weight is 283 g/mol. The summed E-state index contributed by atoms with van der Waals surface area (Å²) in [5, 5.41) is 9.49. The molecular formula is C18H25N3. The summed E-state index contributed by atoms with van der Waals surface area (Å²) in [6.45, 7) is 9.00. The maximum atomic E-state index is 9.49. The van der Waals surface area contributed by atoms with Crippen LogP contribution in [0, 0.1) is 22.7 Å². The number of nitrogens with zero attached hydrogens (tertiary/aromatic N) is 3. The fourth-order valence-corrected chi connectivity index (χ4v) is 3.61. The molecule has 1 saturated heterocycles. The Hall–Kier alpha value is -1.56. The van der Waals surface area contributed by atoms with E-state index in [0.717, 1.165) is 37.3 Å². The number of fused-ring (bicyclic) bond motifs is 1. The molecule has 112 valence electrons. The Labute approximate surface area is 128 Å². The van der Waals surface area contributed by atoms with Crippen molar-refractivity contribution in [2.75, 3.05) is 18.0 Å². The molecule has 3 rings (SSSR count). The summed E-state index contributed by atoms with van der Waals surface area (Å²) in [5.41, 5.74) is 3.63. The van der Waals surface area contributed by atoms with Gasteiger partial charge in [-0.15, -0.1) is 0 Å². The van der Waals surface area contributed by atoms with E-state index in [2.05, 4.69) is 37.8 Å². The molecule has 0 N–H and O–H groups in total. The highest BCUT2D eigenvalue weighted by molar-refractivity contribution is 5.57. The third-order valence-corrected chi connectivity index (χ3v) is 5.11. The minimum atomic E-state index is 0.329. The molecule has 2 heterocycles. The number of aryl methyl sites for hydroxylation is 2. The lowest BCUT2D eigenvalue weighted by atomic mass is 9.80. The van der Waals surface area contributed by atoms with Crippen LogP contribution in [0.15, 0.2) is 6.07 Å². The SMILES string of the molecule is CC(C)(C)C1CCN(c2nc3c(cc2C#N)CCCC3)C1. The van der Waals surface area contributed by atoms with E-state index in [4.69, 9.17) is 4.98 Å². The van der Waals surface area contributed by atoms with Gasteiger partial charge in [0.15, 0.2) is 0 Å². The lowest BCUT2D eigenvalue weighted by Crippen LogP contribution is -2.27. The first kappa shape index (κ1) is 14.4. The summed E-state index contributed by atoms with van der Waals surface area (Å²) in [4.78, 5) is 7.22. The molecule has 3 nitrogen and oxygen atoms in total. The number of nitriles is 1. The van der Waals surface area contributed by atoms with Crippen molar-refractivity contribution in [1.82, 2.24) is 4.98 Å². The molecule has 1 aromatic rings. The van der Waals surface area contributed by atoms with Crippen LogP contribution in [0.3, 0.4) is 0 Å². The Morgan fingerprint density at radius 3 is 2.71 bits per heavy atom. The van der Waals surface area contributed by atoms with Crippen molar-refractivity contribution in [3.8, 4) is 6.07 Å². The van der Waals surface area contributed by atoms with Gasteiger partial charge in [-0.25, -0.2) is 4.98 Å². The number of aromatic nitrogens is 1. The first-order valence-corrected chi connectivity index (χ1v) is 8.17. The molecule has 0 bridgehead atoms. The highest BCUT2D eigenvalue weighted by Crippen LogP contribution is 2.36. The maximum absolute atomic E-state index is 9.49. The maximum Gasteiger partial charge on any atom is 0.146 e. The fourth-order valence-electron chi connectivity index (χ4n) is 3.61. The minimum Gasteiger partial charge on any atom is -0.355 e. The van der Waals surface area contributed by atoms with E-state index >= 15 is 0 Å². The summed E-state index contributed by atoms with van der Waals surface area (Å²) in [7, 11) is 0. The number of rotatable bonds is 1. The summed E-state index contributed by atoms with van der Waals surface area (Å²) in [5.74, 6) is 1.62. The van der Waals surface area contributed by atoms with Crippen LogP contribution >= 0.6 is 0 Å². The van der Waals surface area contributed by atoms with E-state index in [0.29, 0.717) is 11.3 Å². The first-order chi connectivity index (χ1) is 9.99. The zero-order valence-electron chi connectivity index (χ0n) is 13.4. The van der Waals surface area contributed by atoms with Gasteiger partial charge in [0.05, 0.1) is 5.56 Å². The summed E-state index contributed by atoms with van der Waals surface area (Å²) in [6.07, 6.45) is 5.82. The highest BCUT2D eigenvalue weighted by Gasteiger charge is 2.33. The Morgan fingerprint density at radius 1 is 1.29 bits per heavy atom. The number of hydrogen-bond acceptors (Lipinski definition) is 3. The van der Waals surface area contributed by atoms with E-state index in [1.54, 1.807) is 0 Å². The van der Waals surface area contributed by atoms with E-state index in [-0.39, 0.29) is 0 Å². The van der Waals surface area contributed by atoms with Crippen LogP contribution in [0.4, 0.5) is 5.82 Å². The molecule has 1 atom stereocenters. The molecule has 3 heteroatoms. The molecule has 0 radical (unpaired) electrons. The molecule has 0 saturated carbocycles. The van der Waals surface area contributed by atoms with Crippen LogP contribution in [-0.2, 0) is 12.8 Å².